The molecular weight excluding hydrogens is 146 g/mol. The van der Waals surface area contributed by atoms with Crippen LogP contribution in [0.4, 0.5) is 0 Å². The number of rotatable bonds is 5. The van der Waals surface area contributed by atoms with E-state index in [2.05, 4.69) is 5.11 Å². The summed E-state index contributed by atoms with van der Waals surface area (Å²) in [6.07, 6.45) is -2.12. The Bertz CT molecular complexity index is 286. The minimum Gasteiger partial charge on any atom is -0.550 e. The molecule has 0 rings (SSSR count). The van der Waals surface area contributed by atoms with Crippen molar-refractivity contribution in [1.82, 2.24) is 0 Å². The van der Waals surface area contributed by atoms with Crippen molar-refractivity contribution in [2.24, 2.45) is 0 Å². The van der Waals surface area contributed by atoms with Crippen molar-refractivity contribution >= 4 is 5.97 Å². The molecular formula is C7H15NO3. The van der Waals surface area contributed by atoms with Gasteiger partial charge in [-0.05, 0) is 0 Å². The molecule has 0 heterocycles. The monoisotopic (exact) mass is 168 g/mol. The Morgan fingerprint density at radius 3 is 2.91 bits per heavy atom. The lowest BCUT2D eigenvalue weighted by Gasteiger charge is -2.26. The Kier molecular flexibility index (Phi) is 1.14. The van der Waals surface area contributed by atoms with E-state index in [-0.39, 0.29) is 0 Å². The highest BCUT2D eigenvalue weighted by Gasteiger charge is 2.14. The number of carbonyl (C=O) groups excluding carboxylic acids is 1. The lowest BCUT2D eigenvalue weighted by molar-refractivity contribution is -0.873. The summed E-state index contributed by atoms with van der Waals surface area (Å²) in [5.41, 5.74) is 0. The summed E-state index contributed by atoms with van der Waals surface area (Å²) >= 11 is 0. The molecule has 0 spiro atoms. The first-order valence-corrected chi connectivity index (χ1v) is 3.02. The van der Waals surface area contributed by atoms with Crippen LogP contribution in [0, 0.1) is 0 Å². The number of carbonyl (C=O) groups is 1. The van der Waals surface area contributed by atoms with Crippen LogP contribution in [0.5, 0.6) is 0 Å². The molecule has 0 aromatic rings. The van der Waals surface area contributed by atoms with Gasteiger partial charge in [0.2, 0.25) is 1.43 Å². The highest BCUT2D eigenvalue weighted by atomic mass is 16.4. The van der Waals surface area contributed by atoms with Crippen LogP contribution in [0.1, 0.15) is 14.6 Å². The van der Waals surface area contributed by atoms with Crippen LogP contribution in [0.15, 0.2) is 0 Å². The van der Waals surface area contributed by atoms with E-state index in [1.165, 1.54) is 0 Å². The van der Waals surface area contributed by atoms with Crippen molar-refractivity contribution in [1.29, 1.82) is 1.43 Å². The first-order chi connectivity index (χ1) is 7.85. The van der Waals surface area contributed by atoms with Gasteiger partial charge in [-0.1, -0.05) is 0 Å². The molecule has 4 heteroatoms. The molecule has 0 aliphatic heterocycles. The van der Waals surface area contributed by atoms with Gasteiger partial charge in [0, 0.05) is 12.4 Å². The van der Waals surface area contributed by atoms with E-state index in [9.17, 15) is 9.90 Å². The minimum atomic E-state index is -2.89. The zero-order valence-electron chi connectivity index (χ0n) is 13.2. The first kappa shape index (κ1) is 3.41. The highest BCUT2D eigenvalue weighted by molar-refractivity contribution is 5.64. The fourth-order valence-corrected chi connectivity index (χ4v) is 0.658. The zero-order chi connectivity index (χ0) is 14.8. The lowest BCUT2D eigenvalue weighted by atomic mass is 10.2. The van der Waals surface area contributed by atoms with Gasteiger partial charge in [0.05, 0.1) is 29.2 Å². The van der Waals surface area contributed by atoms with Crippen LogP contribution in [0.2, 0.25) is 0 Å². The van der Waals surface area contributed by atoms with E-state index in [0.29, 0.717) is 0 Å². The Morgan fingerprint density at radius 2 is 2.55 bits per heavy atom. The summed E-state index contributed by atoms with van der Waals surface area (Å²) in [7, 11) is 0.946. The third kappa shape index (κ3) is 7.29. The summed E-state index contributed by atoms with van der Waals surface area (Å²) < 4.78 is 48.8. The van der Waals surface area contributed by atoms with E-state index in [1.807, 2.05) is 0 Å². The standard InChI is InChI=1S/C7H15NO3/c1-8(2,3)5-6(9)4-7(10)11/h6,9H,4-5H2,1-3H3/t6-/m1/s1/i1D3,2D3,9D. The molecule has 0 saturated carbocycles. The van der Waals surface area contributed by atoms with Crippen LogP contribution in [0.3, 0.4) is 0 Å². The molecule has 0 fully saturated rings. The van der Waals surface area contributed by atoms with E-state index in [0.717, 1.165) is 7.05 Å². The van der Waals surface area contributed by atoms with Gasteiger partial charge in [-0.25, -0.2) is 0 Å². The summed E-state index contributed by atoms with van der Waals surface area (Å²) in [6, 6.07) is 0. The van der Waals surface area contributed by atoms with Crippen molar-refractivity contribution in [3.63, 3.8) is 0 Å². The predicted octanol–water partition coefficient (Wildman–Crippen LogP) is -1.81. The van der Waals surface area contributed by atoms with E-state index in [1.54, 1.807) is 0 Å². The number of hydrogen-bond donors (Lipinski definition) is 1. The number of carboxylic acid groups (broad SMARTS) is 1. The molecule has 1 atom stereocenters. The number of likely N-dealkylation sites (N-methyl/N-ethyl adjacent to an activating group) is 1. The van der Waals surface area contributed by atoms with Crippen molar-refractivity contribution in [3.05, 3.63) is 0 Å². The Morgan fingerprint density at radius 1 is 1.91 bits per heavy atom. The summed E-state index contributed by atoms with van der Waals surface area (Å²) in [4.78, 5) is 10.4. The fourth-order valence-electron chi connectivity index (χ4n) is 0.658. The van der Waals surface area contributed by atoms with E-state index < -0.39 is 43.5 Å². The number of hydrogen-bond acceptors (Lipinski definition) is 3. The van der Waals surface area contributed by atoms with E-state index >= 15 is 0 Å². The van der Waals surface area contributed by atoms with Crippen LogP contribution in [-0.4, -0.2) is 50.6 Å². The molecule has 66 valence electrons. The van der Waals surface area contributed by atoms with Gasteiger partial charge in [0.1, 0.15) is 12.6 Å². The molecule has 0 aromatic heterocycles. The van der Waals surface area contributed by atoms with Crippen molar-refractivity contribution in [2.45, 2.75) is 12.5 Å². The molecule has 0 saturated heterocycles. The van der Waals surface area contributed by atoms with Gasteiger partial charge in [-0.15, -0.1) is 0 Å². The molecule has 0 aromatic carbocycles. The average molecular weight is 168 g/mol. The highest BCUT2D eigenvalue weighted by Crippen LogP contribution is 1.97. The second-order valence-electron chi connectivity index (χ2n) is 2.57. The van der Waals surface area contributed by atoms with Crippen molar-refractivity contribution < 1.29 is 27.7 Å². The Labute approximate surface area is 76.6 Å². The van der Waals surface area contributed by atoms with Crippen LogP contribution in [0.25, 0.3) is 0 Å². The Hall–Kier alpha value is -0.610. The maximum absolute atomic E-state index is 10.4. The van der Waals surface area contributed by atoms with Crippen LogP contribution >= 0.6 is 0 Å². The SMILES string of the molecule is [2H]O[C@H](CC(=O)[O-])C[N+](C)(C([2H])([2H])[2H])C([2H])([2H])[2H]. The van der Waals surface area contributed by atoms with Gasteiger partial charge in [0.25, 0.3) is 0 Å². The van der Waals surface area contributed by atoms with Gasteiger partial charge in [-0.3, -0.25) is 0 Å². The summed E-state index contributed by atoms with van der Waals surface area (Å²) in [6.45, 7) is -6.45. The van der Waals surface area contributed by atoms with Crippen molar-refractivity contribution in [3.8, 4) is 0 Å². The number of quaternary nitrogens is 1. The average Bonchev–Trinajstić information content (AvgIpc) is 2.12. The second-order valence-corrected chi connectivity index (χ2v) is 2.57. The Balaban J connectivity index is 5.19. The molecule has 0 amide bonds. The number of aliphatic carboxylic acids is 1. The smallest absolute Gasteiger partial charge is 0.211 e. The number of aliphatic hydroxyl groups is 1. The maximum Gasteiger partial charge on any atom is 0.211 e. The number of aliphatic hydroxyl groups excluding tert-OH is 1. The molecule has 4 nitrogen and oxygen atoms in total. The second kappa shape index (κ2) is 3.69. The van der Waals surface area contributed by atoms with Gasteiger partial charge < -0.3 is 19.5 Å². The van der Waals surface area contributed by atoms with Crippen LogP contribution < -0.4 is 5.11 Å². The topological polar surface area (TPSA) is 60.4 Å². The number of carboxylic acids is 1. The van der Waals surface area contributed by atoms with E-state index in [4.69, 9.17) is 9.66 Å². The van der Waals surface area contributed by atoms with Gasteiger partial charge >= 0.3 is 0 Å². The summed E-state index contributed by atoms with van der Waals surface area (Å²) in [5.74, 6) is -1.55. The van der Waals surface area contributed by atoms with Gasteiger partial charge in [-0.2, -0.15) is 0 Å². The normalized spacial score (nSPS) is 26.1. The zero-order valence-corrected chi connectivity index (χ0v) is 6.16. The van der Waals surface area contributed by atoms with Gasteiger partial charge in [0.15, 0.2) is 0 Å². The predicted molar refractivity (Wildman–Crippen MR) is 38.5 cm³/mol. The third-order valence-electron chi connectivity index (χ3n) is 0.963. The largest absolute Gasteiger partial charge is 0.550 e. The molecule has 11 heavy (non-hydrogen) atoms. The molecule has 1 N–H and O–H groups in total. The first-order valence-electron chi connectivity index (χ1n) is 6.43. The molecule has 0 aliphatic rings. The molecule has 0 bridgehead atoms. The quantitative estimate of drug-likeness (QED) is 0.492. The number of nitrogens with zero attached hydrogens (tertiary/aromatic N) is 1. The maximum atomic E-state index is 10.4. The third-order valence-corrected chi connectivity index (χ3v) is 0.963. The summed E-state index contributed by atoms with van der Waals surface area (Å²) in [5, 5.41) is 14.5. The minimum absolute atomic E-state index is 0.662. The fraction of sp³-hybridized carbons (Fsp3) is 0.857. The van der Waals surface area contributed by atoms with Crippen molar-refractivity contribution in [2.75, 3.05) is 27.5 Å². The lowest BCUT2D eigenvalue weighted by Crippen LogP contribution is -2.43. The molecule has 0 unspecified atom stereocenters. The molecule has 0 radical (unpaired) electrons. The molecule has 0 aliphatic carbocycles. The van der Waals surface area contributed by atoms with Crippen LogP contribution in [-0.2, 0) is 4.79 Å².